The Labute approximate surface area is 121 Å². The Bertz CT molecular complexity index is 386. The van der Waals surface area contributed by atoms with Crippen LogP contribution in [0, 0.1) is 0 Å². The van der Waals surface area contributed by atoms with Gasteiger partial charge < -0.3 is 10.5 Å². The van der Waals surface area contributed by atoms with E-state index in [1.807, 2.05) is 6.92 Å². The van der Waals surface area contributed by atoms with E-state index in [1.54, 1.807) is 0 Å². The minimum Gasteiger partial charge on any atom is -0.428 e. The van der Waals surface area contributed by atoms with Crippen LogP contribution in [-0.4, -0.2) is 12.5 Å². The van der Waals surface area contributed by atoms with E-state index in [0.717, 1.165) is 24.8 Å². The maximum atomic E-state index is 12.7. The van der Waals surface area contributed by atoms with Crippen LogP contribution >= 0.6 is 12.4 Å². The van der Waals surface area contributed by atoms with Crippen LogP contribution in [0.5, 0.6) is 5.75 Å². The molecule has 0 radical (unpaired) electrons. The SMILES string of the molecule is CCCC[C@H](N)c1ccc(OC(F)(F)C(F)F)cc1.Cl. The highest BCUT2D eigenvalue weighted by atomic mass is 35.5. The van der Waals surface area contributed by atoms with Crippen LogP contribution < -0.4 is 10.5 Å². The number of ether oxygens (including phenoxy) is 1. The van der Waals surface area contributed by atoms with Gasteiger partial charge in [-0.15, -0.1) is 12.4 Å². The van der Waals surface area contributed by atoms with Crippen LogP contribution in [0.1, 0.15) is 37.8 Å². The summed E-state index contributed by atoms with van der Waals surface area (Å²) < 4.78 is 53.2. The maximum absolute atomic E-state index is 12.7. The Balaban J connectivity index is 0.00000361. The summed E-state index contributed by atoms with van der Waals surface area (Å²) in [6, 6.07) is 5.27. The molecule has 0 spiro atoms. The molecular formula is C13H18ClF4NO. The number of unbranched alkanes of at least 4 members (excludes halogenated alkanes) is 1. The first-order valence-electron chi connectivity index (χ1n) is 6.07. The molecule has 0 aromatic heterocycles. The van der Waals surface area contributed by atoms with Crippen molar-refractivity contribution >= 4 is 12.4 Å². The number of hydrogen-bond donors (Lipinski definition) is 1. The zero-order chi connectivity index (χ0) is 14.5. The molecule has 0 saturated heterocycles. The molecule has 0 aliphatic rings. The molecular weight excluding hydrogens is 298 g/mol. The summed E-state index contributed by atoms with van der Waals surface area (Å²) in [7, 11) is 0. The van der Waals surface area contributed by atoms with Gasteiger partial charge in [-0.3, -0.25) is 0 Å². The normalized spacial score (nSPS) is 12.9. The standard InChI is InChI=1S/C13H17F4NO.ClH/c1-2-3-4-11(18)9-5-7-10(8-6-9)19-13(16,17)12(14)15;/h5-8,11-12H,2-4,18H2,1H3;1H/t11-;/m0./s1. The molecule has 7 heteroatoms. The van der Waals surface area contributed by atoms with Gasteiger partial charge in [0.1, 0.15) is 5.75 Å². The number of benzene rings is 1. The molecule has 1 aromatic carbocycles. The Hall–Kier alpha value is -1.01. The molecule has 0 amide bonds. The van der Waals surface area contributed by atoms with E-state index >= 15 is 0 Å². The first-order valence-corrected chi connectivity index (χ1v) is 6.07. The van der Waals surface area contributed by atoms with Gasteiger partial charge >= 0.3 is 12.5 Å². The molecule has 1 rings (SSSR count). The van der Waals surface area contributed by atoms with Crippen molar-refractivity contribution in [3.05, 3.63) is 29.8 Å². The van der Waals surface area contributed by atoms with Crippen molar-refractivity contribution in [2.45, 2.75) is 44.8 Å². The van der Waals surface area contributed by atoms with Crippen molar-refractivity contribution in [3.63, 3.8) is 0 Å². The summed E-state index contributed by atoms with van der Waals surface area (Å²) >= 11 is 0. The second-order valence-corrected chi connectivity index (χ2v) is 4.28. The predicted octanol–water partition coefficient (Wildman–Crippen LogP) is 4.54. The van der Waals surface area contributed by atoms with E-state index in [-0.39, 0.29) is 24.2 Å². The molecule has 2 nitrogen and oxygen atoms in total. The second kappa shape index (κ2) is 8.32. The van der Waals surface area contributed by atoms with E-state index in [1.165, 1.54) is 24.3 Å². The van der Waals surface area contributed by atoms with Gasteiger partial charge in [0, 0.05) is 6.04 Å². The van der Waals surface area contributed by atoms with Crippen molar-refractivity contribution in [3.8, 4) is 5.75 Å². The molecule has 20 heavy (non-hydrogen) atoms. The van der Waals surface area contributed by atoms with Crippen LogP contribution in [0.2, 0.25) is 0 Å². The molecule has 0 saturated carbocycles. The summed E-state index contributed by atoms with van der Waals surface area (Å²) in [6.45, 7) is 2.04. The van der Waals surface area contributed by atoms with Crippen LogP contribution in [0.4, 0.5) is 17.6 Å². The van der Waals surface area contributed by atoms with Crippen molar-refractivity contribution in [1.29, 1.82) is 0 Å². The third kappa shape index (κ3) is 5.54. The summed E-state index contributed by atoms with van der Waals surface area (Å²) in [5, 5.41) is 0. The van der Waals surface area contributed by atoms with E-state index in [9.17, 15) is 17.6 Å². The Kier molecular flexibility index (Phi) is 7.90. The molecule has 2 N–H and O–H groups in total. The lowest BCUT2D eigenvalue weighted by Crippen LogP contribution is -2.33. The molecule has 0 aliphatic carbocycles. The zero-order valence-electron chi connectivity index (χ0n) is 11.0. The largest absolute Gasteiger partial charge is 0.461 e. The fourth-order valence-corrected chi connectivity index (χ4v) is 1.58. The molecule has 0 aliphatic heterocycles. The smallest absolute Gasteiger partial charge is 0.428 e. The fourth-order valence-electron chi connectivity index (χ4n) is 1.58. The summed E-state index contributed by atoms with van der Waals surface area (Å²) in [6.07, 6.45) is -5.59. The van der Waals surface area contributed by atoms with E-state index in [0.29, 0.717) is 0 Å². The van der Waals surface area contributed by atoms with Crippen LogP contribution in [0.3, 0.4) is 0 Å². The second-order valence-electron chi connectivity index (χ2n) is 4.28. The van der Waals surface area contributed by atoms with Crippen LogP contribution in [0.15, 0.2) is 24.3 Å². The summed E-state index contributed by atoms with van der Waals surface area (Å²) in [4.78, 5) is 0. The average Bonchev–Trinajstić information content (AvgIpc) is 2.36. The van der Waals surface area contributed by atoms with Crippen molar-refractivity contribution in [2.24, 2.45) is 5.73 Å². The first-order chi connectivity index (χ1) is 8.86. The van der Waals surface area contributed by atoms with Gasteiger partial charge in [-0.2, -0.15) is 17.6 Å². The zero-order valence-corrected chi connectivity index (χ0v) is 11.8. The van der Waals surface area contributed by atoms with Gasteiger partial charge in [0.15, 0.2) is 0 Å². The topological polar surface area (TPSA) is 35.2 Å². The molecule has 0 unspecified atom stereocenters. The van der Waals surface area contributed by atoms with Gasteiger partial charge in [0.05, 0.1) is 0 Å². The first kappa shape index (κ1) is 19.0. The van der Waals surface area contributed by atoms with E-state index in [2.05, 4.69) is 4.74 Å². The van der Waals surface area contributed by atoms with Gasteiger partial charge in [-0.1, -0.05) is 31.9 Å². The minimum absolute atomic E-state index is 0. The molecule has 116 valence electrons. The quantitative estimate of drug-likeness (QED) is 0.750. The van der Waals surface area contributed by atoms with Gasteiger partial charge in [-0.25, -0.2) is 0 Å². The highest BCUT2D eigenvalue weighted by molar-refractivity contribution is 5.85. The monoisotopic (exact) mass is 315 g/mol. The Morgan fingerprint density at radius 2 is 1.75 bits per heavy atom. The molecule has 0 heterocycles. The fraction of sp³-hybridized carbons (Fsp3) is 0.538. The Morgan fingerprint density at radius 3 is 2.20 bits per heavy atom. The van der Waals surface area contributed by atoms with Crippen LogP contribution in [-0.2, 0) is 0 Å². The maximum Gasteiger partial charge on any atom is 0.461 e. The number of nitrogens with two attached hydrogens (primary N) is 1. The lowest BCUT2D eigenvalue weighted by Gasteiger charge is -2.17. The highest BCUT2D eigenvalue weighted by Gasteiger charge is 2.43. The van der Waals surface area contributed by atoms with E-state index in [4.69, 9.17) is 5.73 Å². The highest BCUT2D eigenvalue weighted by Crippen LogP contribution is 2.28. The summed E-state index contributed by atoms with van der Waals surface area (Å²) in [5.74, 6) is -0.309. The molecule has 1 atom stereocenters. The third-order valence-electron chi connectivity index (χ3n) is 2.68. The Morgan fingerprint density at radius 1 is 1.20 bits per heavy atom. The summed E-state index contributed by atoms with van der Waals surface area (Å²) in [5.41, 5.74) is 6.66. The third-order valence-corrected chi connectivity index (χ3v) is 2.68. The lowest BCUT2D eigenvalue weighted by molar-refractivity contribution is -0.253. The molecule has 1 aromatic rings. The lowest BCUT2D eigenvalue weighted by atomic mass is 10.0. The number of halogens is 5. The average molecular weight is 316 g/mol. The number of alkyl halides is 4. The van der Waals surface area contributed by atoms with Crippen molar-refractivity contribution in [2.75, 3.05) is 0 Å². The minimum atomic E-state index is -4.48. The molecule has 0 fully saturated rings. The van der Waals surface area contributed by atoms with Gasteiger partial charge in [0.2, 0.25) is 0 Å². The van der Waals surface area contributed by atoms with Gasteiger partial charge in [-0.05, 0) is 24.1 Å². The van der Waals surface area contributed by atoms with Crippen molar-refractivity contribution < 1.29 is 22.3 Å². The van der Waals surface area contributed by atoms with Crippen molar-refractivity contribution in [1.82, 2.24) is 0 Å². The number of rotatable bonds is 7. The van der Waals surface area contributed by atoms with E-state index < -0.39 is 12.5 Å². The molecule has 0 bridgehead atoms. The van der Waals surface area contributed by atoms with Crippen LogP contribution in [0.25, 0.3) is 0 Å². The van der Waals surface area contributed by atoms with Gasteiger partial charge in [0.25, 0.3) is 0 Å². The predicted molar refractivity (Wildman–Crippen MR) is 71.7 cm³/mol. The number of hydrogen-bond acceptors (Lipinski definition) is 2.